The molecule has 0 aliphatic heterocycles. The maximum absolute atomic E-state index is 13.8. The first-order chi connectivity index (χ1) is 10.3. The van der Waals surface area contributed by atoms with Gasteiger partial charge in [-0.2, -0.15) is 13.2 Å². The number of hydrogen-bond donors (Lipinski definition) is 0. The third-order valence-electron chi connectivity index (χ3n) is 3.90. The van der Waals surface area contributed by atoms with Gasteiger partial charge in [0.05, 0.1) is 14.2 Å². The summed E-state index contributed by atoms with van der Waals surface area (Å²) >= 11 is 0. The molecule has 0 aromatic heterocycles. The molecule has 0 aliphatic carbocycles. The molecule has 0 saturated heterocycles. The molecule has 2 aromatic rings. The summed E-state index contributed by atoms with van der Waals surface area (Å²) in [5.74, 6) is 1.03. The smallest absolute Gasteiger partial charge is 0.402 e. The van der Waals surface area contributed by atoms with Crippen LogP contribution in [0, 0.1) is 0 Å². The molecule has 0 saturated carbocycles. The molecule has 118 valence electrons. The van der Waals surface area contributed by atoms with E-state index in [2.05, 4.69) is 0 Å². The molecule has 0 unspecified atom stereocenters. The molecule has 0 bridgehead atoms. The van der Waals surface area contributed by atoms with E-state index in [0.717, 1.165) is 0 Å². The minimum Gasteiger partial charge on any atom is -0.497 e. The Kier molecular flexibility index (Phi) is 4.35. The molecule has 0 N–H and O–H groups in total. The van der Waals surface area contributed by atoms with Gasteiger partial charge in [0.15, 0.2) is 0 Å². The van der Waals surface area contributed by atoms with E-state index in [1.54, 1.807) is 0 Å². The minimum absolute atomic E-state index is 0.158. The summed E-state index contributed by atoms with van der Waals surface area (Å²) in [6, 6.07) is 11.9. The van der Waals surface area contributed by atoms with Crippen LogP contribution in [-0.4, -0.2) is 20.4 Å². The van der Waals surface area contributed by atoms with Gasteiger partial charge in [0.25, 0.3) is 0 Å². The molecule has 0 spiro atoms. The number of methoxy groups -OCH3 is 2. The molecule has 2 rings (SSSR count). The number of hydrogen-bond acceptors (Lipinski definition) is 2. The van der Waals surface area contributed by atoms with E-state index in [1.807, 2.05) is 0 Å². The fourth-order valence-corrected chi connectivity index (χ4v) is 2.34. The van der Waals surface area contributed by atoms with Gasteiger partial charge >= 0.3 is 6.18 Å². The predicted molar refractivity (Wildman–Crippen MR) is 78.5 cm³/mol. The van der Waals surface area contributed by atoms with Crippen LogP contribution < -0.4 is 9.47 Å². The number of benzene rings is 2. The third kappa shape index (κ3) is 2.75. The monoisotopic (exact) mass is 310 g/mol. The average molecular weight is 310 g/mol. The largest absolute Gasteiger partial charge is 0.497 e. The number of alkyl halides is 3. The molecule has 2 aromatic carbocycles. The van der Waals surface area contributed by atoms with Gasteiger partial charge in [0, 0.05) is 0 Å². The van der Waals surface area contributed by atoms with E-state index < -0.39 is 11.6 Å². The lowest BCUT2D eigenvalue weighted by molar-refractivity contribution is -0.173. The van der Waals surface area contributed by atoms with Gasteiger partial charge in [-0.05, 0) is 42.3 Å². The molecule has 5 heteroatoms. The lowest BCUT2D eigenvalue weighted by atomic mass is 9.75. The first kappa shape index (κ1) is 16.2. The Labute approximate surface area is 127 Å². The van der Waals surface area contributed by atoms with Crippen molar-refractivity contribution in [3.63, 3.8) is 0 Å². The highest BCUT2D eigenvalue weighted by Gasteiger charge is 2.53. The molecule has 0 aliphatic rings. The van der Waals surface area contributed by atoms with E-state index >= 15 is 0 Å². The molecule has 0 fully saturated rings. The average Bonchev–Trinajstić information content (AvgIpc) is 2.53. The van der Waals surface area contributed by atoms with Gasteiger partial charge in [-0.15, -0.1) is 0 Å². The van der Waals surface area contributed by atoms with Crippen LogP contribution in [0.5, 0.6) is 11.5 Å². The zero-order chi connectivity index (χ0) is 16.4. The van der Waals surface area contributed by atoms with Gasteiger partial charge in [0.2, 0.25) is 0 Å². The molecular formula is C17H17F3O2. The Hall–Kier alpha value is -2.17. The normalized spacial score (nSPS) is 12.1. The molecule has 0 radical (unpaired) electrons. The van der Waals surface area contributed by atoms with E-state index in [-0.39, 0.29) is 11.1 Å². The summed E-state index contributed by atoms with van der Waals surface area (Å²) < 4.78 is 51.3. The van der Waals surface area contributed by atoms with Crippen LogP contribution in [0.3, 0.4) is 0 Å². The topological polar surface area (TPSA) is 18.5 Å². The van der Waals surface area contributed by atoms with Crippen molar-refractivity contribution in [3.8, 4) is 11.5 Å². The summed E-state index contributed by atoms with van der Waals surface area (Å²) in [6.45, 7) is 1.18. The van der Waals surface area contributed by atoms with Crippen molar-refractivity contribution in [1.29, 1.82) is 0 Å². The Morgan fingerprint density at radius 1 is 0.682 bits per heavy atom. The van der Waals surface area contributed by atoms with Crippen molar-refractivity contribution in [3.05, 3.63) is 59.7 Å². The molecule has 0 heterocycles. The zero-order valence-corrected chi connectivity index (χ0v) is 12.6. The number of rotatable bonds is 4. The first-order valence-electron chi connectivity index (χ1n) is 6.68. The van der Waals surface area contributed by atoms with Crippen molar-refractivity contribution in [2.45, 2.75) is 18.5 Å². The molecule has 22 heavy (non-hydrogen) atoms. The van der Waals surface area contributed by atoms with Gasteiger partial charge < -0.3 is 9.47 Å². The van der Waals surface area contributed by atoms with Gasteiger partial charge in [0.1, 0.15) is 16.9 Å². The number of ether oxygens (including phenoxy) is 2. The highest BCUT2D eigenvalue weighted by atomic mass is 19.4. The second kappa shape index (κ2) is 5.91. The van der Waals surface area contributed by atoms with Crippen LogP contribution >= 0.6 is 0 Å². The molecular weight excluding hydrogens is 293 g/mol. The highest BCUT2D eigenvalue weighted by molar-refractivity contribution is 5.44. The van der Waals surface area contributed by atoms with E-state index in [4.69, 9.17) is 9.47 Å². The van der Waals surface area contributed by atoms with E-state index in [9.17, 15) is 13.2 Å². The molecule has 2 nitrogen and oxygen atoms in total. The van der Waals surface area contributed by atoms with Crippen LogP contribution in [0.2, 0.25) is 0 Å². The summed E-state index contributed by atoms with van der Waals surface area (Å²) in [5.41, 5.74) is -1.79. The van der Waals surface area contributed by atoms with E-state index in [1.165, 1.54) is 69.7 Å². The lowest BCUT2D eigenvalue weighted by Gasteiger charge is -2.33. The quantitative estimate of drug-likeness (QED) is 0.823. The van der Waals surface area contributed by atoms with Gasteiger partial charge in [-0.25, -0.2) is 0 Å². The maximum Gasteiger partial charge on any atom is 0.402 e. The van der Waals surface area contributed by atoms with Crippen molar-refractivity contribution < 1.29 is 22.6 Å². The van der Waals surface area contributed by atoms with Crippen LogP contribution in [0.4, 0.5) is 13.2 Å². The van der Waals surface area contributed by atoms with Gasteiger partial charge in [-0.1, -0.05) is 24.3 Å². The van der Waals surface area contributed by atoms with Crippen molar-refractivity contribution in [2.24, 2.45) is 0 Å². The van der Waals surface area contributed by atoms with Crippen LogP contribution in [0.15, 0.2) is 48.5 Å². The Balaban J connectivity index is 2.55. The zero-order valence-electron chi connectivity index (χ0n) is 12.6. The van der Waals surface area contributed by atoms with Crippen molar-refractivity contribution in [2.75, 3.05) is 14.2 Å². The molecule has 0 amide bonds. The predicted octanol–water partition coefficient (Wildman–Crippen LogP) is 4.57. The standard InChI is InChI=1S/C17H17F3O2/c1-16(17(18,19)20,12-4-8-14(21-2)9-5-12)13-6-10-15(22-3)11-7-13/h4-11H,1-3H3. The third-order valence-corrected chi connectivity index (χ3v) is 3.90. The lowest BCUT2D eigenvalue weighted by Crippen LogP contribution is -2.40. The number of halogens is 3. The Morgan fingerprint density at radius 3 is 1.23 bits per heavy atom. The fourth-order valence-electron chi connectivity index (χ4n) is 2.34. The minimum atomic E-state index is -4.43. The fraction of sp³-hybridized carbons (Fsp3) is 0.294. The SMILES string of the molecule is COc1ccc(C(C)(c2ccc(OC)cc2)C(F)(F)F)cc1. The summed E-state index contributed by atoms with van der Waals surface area (Å²) in [6.07, 6.45) is -4.43. The summed E-state index contributed by atoms with van der Waals surface area (Å²) in [4.78, 5) is 0. The summed E-state index contributed by atoms with van der Waals surface area (Å²) in [7, 11) is 2.95. The maximum atomic E-state index is 13.8. The van der Waals surface area contributed by atoms with Crippen molar-refractivity contribution >= 4 is 0 Å². The van der Waals surface area contributed by atoms with Gasteiger partial charge in [-0.3, -0.25) is 0 Å². The first-order valence-corrected chi connectivity index (χ1v) is 6.68. The Morgan fingerprint density at radius 2 is 1.00 bits per heavy atom. The van der Waals surface area contributed by atoms with Crippen LogP contribution in [-0.2, 0) is 5.41 Å². The van der Waals surface area contributed by atoms with Crippen molar-refractivity contribution in [1.82, 2.24) is 0 Å². The Bertz CT molecular complexity index is 568. The summed E-state index contributed by atoms with van der Waals surface area (Å²) in [5, 5.41) is 0. The highest BCUT2D eigenvalue weighted by Crippen LogP contribution is 2.46. The van der Waals surface area contributed by atoms with Crippen LogP contribution in [0.25, 0.3) is 0 Å². The second-order valence-electron chi connectivity index (χ2n) is 5.08. The second-order valence-corrected chi connectivity index (χ2v) is 5.08. The van der Waals surface area contributed by atoms with E-state index in [0.29, 0.717) is 11.5 Å². The molecule has 0 atom stereocenters. The van der Waals surface area contributed by atoms with Crippen LogP contribution in [0.1, 0.15) is 18.1 Å².